The zero-order valence-electron chi connectivity index (χ0n) is 10.2. The fourth-order valence-corrected chi connectivity index (χ4v) is 2.24. The topological polar surface area (TPSA) is 12.0 Å². The molecule has 0 aliphatic heterocycles. The number of rotatable bonds is 6. The third kappa shape index (κ3) is 4.14. The van der Waals surface area contributed by atoms with E-state index in [1.165, 1.54) is 0 Å². The summed E-state index contributed by atoms with van der Waals surface area (Å²) in [5.74, 6) is -0.0966. The van der Waals surface area contributed by atoms with E-state index in [1.807, 2.05) is 19.1 Å². The molecule has 1 rings (SSSR count). The molecule has 1 N–H and O–H groups in total. The molecule has 1 unspecified atom stereocenters. The van der Waals surface area contributed by atoms with E-state index >= 15 is 0 Å². The second-order valence-electron chi connectivity index (χ2n) is 3.88. The summed E-state index contributed by atoms with van der Waals surface area (Å²) < 4.78 is 13.7. The molecule has 1 atom stereocenters. The highest BCUT2D eigenvalue weighted by Crippen LogP contribution is 2.27. The minimum absolute atomic E-state index is 0.0966. The van der Waals surface area contributed by atoms with Crippen LogP contribution in [-0.4, -0.2) is 11.8 Å². The predicted molar refractivity (Wildman–Crippen MR) is 69.4 cm³/mol. The minimum atomic E-state index is -0.0966. The molecule has 3 heteroatoms. The Morgan fingerprint density at radius 1 is 1.38 bits per heavy atom. The number of thioether (sulfide) groups is 1. The Morgan fingerprint density at radius 2 is 2.12 bits per heavy atom. The first-order valence-corrected chi connectivity index (χ1v) is 6.71. The van der Waals surface area contributed by atoms with Gasteiger partial charge in [-0.15, -0.1) is 11.8 Å². The first-order valence-electron chi connectivity index (χ1n) is 5.83. The van der Waals surface area contributed by atoms with Gasteiger partial charge in [0.2, 0.25) is 0 Å². The van der Waals surface area contributed by atoms with Gasteiger partial charge >= 0.3 is 0 Å². The third-order valence-corrected chi connectivity index (χ3v) is 3.80. The molecule has 0 saturated carbocycles. The van der Waals surface area contributed by atoms with Crippen LogP contribution in [0, 0.1) is 5.82 Å². The summed E-state index contributed by atoms with van der Waals surface area (Å²) in [5, 5.41) is 3.66. The summed E-state index contributed by atoms with van der Waals surface area (Å²) >= 11 is 1.61. The van der Waals surface area contributed by atoms with Crippen molar-refractivity contribution in [3.05, 3.63) is 29.6 Å². The van der Waals surface area contributed by atoms with Crippen molar-refractivity contribution in [3.63, 3.8) is 0 Å². The van der Waals surface area contributed by atoms with Crippen molar-refractivity contribution in [1.82, 2.24) is 5.32 Å². The predicted octanol–water partition coefficient (Wildman–Crippen LogP) is 3.83. The molecule has 0 fully saturated rings. The molecule has 0 spiro atoms. The lowest BCUT2D eigenvalue weighted by Gasteiger charge is -2.10. The van der Waals surface area contributed by atoms with Crippen LogP contribution in [0.1, 0.15) is 32.8 Å². The first-order chi connectivity index (χ1) is 7.67. The highest BCUT2D eigenvalue weighted by atomic mass is 32.2. The van der Waals surface area contributed by atoms with Gasteiger partial charge < -0.3 is 5.32 Å². The first kappa shape index (κ1) is 13.5. The average Bonchev–Trinajstić information content (AvgIpc) is 2.29. The standard InChI is InChI=1S/C13H20FNS/c1-4-10(3)16-13-7-6-11(8-12(13)14)9-15-5-2/h6-8,10,15H,4-5,9H2,1-3H3. The molecule has 0 heterocycles. The molecule has 0 bridgehead atoms. The maximum atomic E-state index is 13.7. The monoisotopic (exact) mass is 241 g/mol. The summed E-state index contributed by atoms with van der Waals surface area (Å²) in [7, 11) is 0. The van der Waals surface area contributed by atoms with E-state index < -0.39 is 0 Å². The van der Waals surface area contributed by atoms with Crippen LogP contribution in [0.25, 0.3) is 0 Å². The highest BCUT2D eigenvalue weighted by Gasteiger charge is 2.07. The van der Waals surface area contributed by atoms with E-state index in [0.717, 1.165) is 30.0 Å². The molecular weight excluding hydrogens is 221 g/mol. The summed E-state index contributed by atoms with van der Waals surface area (Å²) in [4.78, 5) is 0.759. The van der Waals surface area contributed by atoms with E-state index in [1.54, 1.807) is 17.8 Å². The largest absolute Gasteiger partial charge is 0.313 e. The number of nitrogens with one attached hydrogen (secondary N) is 1. The van der Waals surface area contributed by atoms with Crippen LogP contribution >= 0.6 is 11.8 Å². The maximum Gasteiger partial charge on any atom is 0.137 e. The molecule has 0 radical (unpaired) electrons. The molecule has 0 aliphatic carbocycles. The summed E-state index contributed by atoms with van der Waals surface area (Å²) in [6.45, 7) is 7.93. The Hall–Kier alpha value is -0.540. The summed E-state index contributed by atoms with van der Waals surface area (Å²) in [6.07, 6.45) is 1.06. The van der Waals surface area contributed by atoms with Gasteiger partial charge in [0, 0.05) is 16.7 Å². The molecule has 0 amide bonds. The number of hydrogen-bond acceptors (Lipinski definition) is 2. The van der Waals surface area contributed by atoms with Crippen molar-refractivity contribution >= 4 is 11.8 Å². The molecule has 0 saturated heterocycles. The Kier molecular flexibility index (Phi) is 5.85. The fraction of sp³-hybridized carbons (Fsp3) is 0.538. The van der Waals surface area contributed by atoms with Crippen LogP contribution in [0.15, 0.2) is 23.1 Å². The van der Waals surface area contributed by atoms with Crippen molar-refractivity contribution < 1.29 is 4.39 Å². The van der Waals surface area contributed by atoms with E-state index in [9.17, 15) is 4.39 Å². The van der Waals surface area contributed by atoms with Crippen LogP contribution in [0.3, 0.4) is 0 Å². The second kappa shape index (κ2) is 6.92. The Labute approximate surface area is 102 Å². The van der Waals surface area contributed by atoms with Crippen LogP contribution in [0.2, 0.25) is 0 Å². The van der Waals surface area contributed by atoms with Gasteiger partial charge in [-0.3, -0.25) is 0 Å². The molecule has 90 valence electrons. The third-order valence-electron chi connectivity index (χ3n) is 2.48. The molecule has 0 aliphatic rings. The van der Waals surface area contributed by atoms with Crippen molar-refractivity contribution in [1.29, 1.82) is 0 Å². The van der Waals surface area contributed by atoms with Gasteiger partial charge in [0.1, 0.15) is 5.82 Å². The van der Waals surface area contributed by atoms with Gasteiger partial charge in [-0.2, -0.15) is 0 Å². The van der Waals surface area contributed by atoms with Gasteiger partial charge in [-0.1, -0.05) is 26.8 Å². The van der Waals surface area contributed by atoms with E-state index in [0.29, 0.717) is 5.25 Å². The van der Waals surface area contributed by atoms with Gasteiger partial charge in [0.25, 0.3) is 0 Å². The van der Waals surface area contributed by atoms with Crippen molar-refractivity contribution in [2.24, 2.45) is 0 Å². The lowest BCUT2D eigenvalue weighted by Crippen LogP contribution is -2.11. The molecule has 1 aromatic rings. The lowest BCUT2D eigenvalue weighted by molar-refractivity contribution is 0.596. The number of benzene rings is 1. The summed E-state index contributed by atoms with van der Waals surface area (Å²) in [6, 6.07) is 5.52. The molecule has 16 heavy (non-hydrogen) atoms. The molecule has 1 nitrogen and oxygen atoms in total. The van der Waals surface area contributed by atoms with Crippen molar-refractivity contribution in [2.45, 2.75) is 43.9 Å². The average molecular weight is 241 g/mol. The SMILES string of the molecule is CCNCc1ccc(SC(C)CC)c(F)c1. The van der Waals surface area contributed by atoms with Gasteiger partial charge in [0.15, 0.2) is 0 Å². The van der Waals surface area contributed by atoms with Crippen LogP contribution in [0.4, 0.5) is 4.39 Å². The maximum absolute atomic E-state index is 13.7. The second-order valence-corrected chi connectivity index (χ2v) is 5.36. The van der Waals surface area contributed by atoms with Gasteiger partial charge in [-0.25, -0.2) is 4.39 Å². The van der Waals surface area contributed by atoms with E-state index in [-0.39, 0.29) is 5.82 Å². The Balaban J connectivity index is 2.67. The van der Waals surface area contributed by atoms with E-state index in [4.69, 9.17) is 0 Å². The molecular formula is C13H20FNS. The van der Waals surface area contributed by atoms with Gasteiger partial charge in [0.05, 0.1) is 0 Å². The molecule has 1 aromatic carbocycles. The quantitative estimate of drug-likeness (QED) is 0.760. The van der Waals surface area contributed by atoms with E-state index in [2.05, 4.69) is 19.2 Å². The van der Waals surface area contributed by atoms with Crippen LogP contribution in [0.5, 0.6) is 0 Å². The number of hydrogen-bond donors (Lipinski definition) is 1. The lowest BCUT2D eigenvalue weighted by atomic mass is 10.2. The van der Waals surface area contributed by atoms with Gasteiger partial charge in [-0.05, 0) is 30.7 Å². The Morgan fingerprint density at radius 3 is 2.69 bits per heavy atom. The molecule has 0 aromatic heterocycles. The smallest absolute Gasteiger partial charge is 0.137 e. The van der Waals surface area contributed by atoms with Crippen molar-refractivity contribution in [2.75, 3.05) is 6.54 Å². The van der Waals surface area contributed by atoms with Crippen molar-refractivity contribution in [3.8, 4) is 0 Å². The fourth-order valence-electron chi connectivity index (χ4n) is 1.32. The normalized spacial score (nSPS) is 12.8. The Bertz CT molecular complexity index is 328. The number of halogens is 1. The zero-order chi connectivity index (χ0) is 12.0. The summed E-state index contributed by atoms with van der Waals surface area (Å²) in [5.41, 5.74) is 1.01. The minimum Gasteiger partial charge on any atom is -0.313 e. The van der Waals surface area contributed by atoms with Crippen LogP contribution in [-0.2, 0) is 6.54 Å². The highest BCUT2D eigenvalue weighted by molar-refractivity contribution is 7.99. The van der Waals surface area contributed by atoms with Crippen LogP contribution < -0.4 is 5.32 Å². The zero-order valence-corrected chi connectivity index (χ0v) is 11.0.